The summed E-state index contributed by atoms with van der Waals surface area (Å²) < 4.78 is 22.7. The van der Waals surface area contributed by atoms with Gasteiger partial charge in [-0.05, 0) is 41.3 Å². The molecule has 1 N–H and O–H groups in total. The van der Waals surface area contributed by atoms with Gasteiger partial charge in [0.25, 0.3) is 5.91 Å². The zero-order chi connectivity index (χ0) is 20.1. The molecule has 0 fully saturated rings. The highest BCUT2D eigenvalue weighted by Gasteiger charge is 2.12. The Bertz CT molecular complexity index is 1040. The van der Waals surface area contributed by atoms with Crippen molar-refractivity contribution in [3.05, 3.63) is 95.6 Å². The Labute approximate surface area is 166 Å². The fraction of sp³-hybridized carbons (Fsp3) is 0.174. The Morgan fingerprint density at radius 3 is 2.00 bits per heavy atom. The SMILES string of the molecule is C[C@@H](NC(=O)c1ccc(CS(C)(=O)=O)cc1)c1ccc(-c2ccccc2)cc1. The van der Waals surface area contributed by atoms with Crippen molar-refractivity contribution in [2.75, 3.05) is 6.26 Å². The third-order valence-corrected chi connectivity index (χ3v) is 5.37. The highest BCUT2D eigenvalue weighted by molar-refractivity contribution is 7.89. The molecule has 1 amide bonds. The van der Waals surface area contributed by atoms with Crippen LogP contribution in [0.15, 0.2) is 78.9 Å². The normalized spacial score (nSPS) is 12.4. The molecule has 28 heavy (non-hydrogen) atoms. The summed E-state index contributed by atoms with van der Waals surface area (Å²) in [6.45, 7) is 1.94. The predicted molar refractivity (Wildman–Crippen MR) is 113 cm³/mol. The highest BCUT2D eigenvalue weighted by atomic mass is 32.2. The second-order valence-corrected chi connectivity index (χ2v) is 9.09. The first kappa shape index (κ1) is 19.8. The molecule has 1 atom stereocenters. The molecule has 0 spiro atoms. The molecule has 144 valence electrons. The molecule has 0 saturated heterocycles. The first-order valence-electron chi connectivity index (χ1n) is 9.05. The number of nitrogens with one attached hydrogen (secondary N) is 1. The summed E-state index contributed by atoms with van der Waals surface area (Å²) in [4.78, 5) is 12.5. The molecule has 3 rings (SSSR count). The van der Waals surface area contributed by atoms with Crippen molar-refractivity contribution in [2.24, 2.45) is 0 Å². The lowest BCUT2D eigenvalue weighted by Crippen LogP contribution is -2.26. The lowest BCUT2D eigenvalue weighted by molar-refractivity contribution is 0.0940. The second-order valence-electron chi connectivity index (χ2n) is 6.95. The van der Waals surface area contributed by atoms with Gasteiger partial charge in [0.05, 0.1) is 11.8 Å². The lowest BCUT2D eigenvalue weighted by Gasteiger charge is -2.15. The number of amides is 1. The molecule has 0 saturated carbocycles. The van der Waals surface area contributed by atoms with E-state index in [-0.39, 0.29) is 17.7 Å². The van der Waals surface area contributed by atoms with Crippen molar-refractivity contribution in [2.45, 2.75) is 18.7 Å². The number of hydrogen-bond donors (Lipinski definition) is 1. The van der Waals surface area contributed by atoms with Crippen molar-refractivity contribution < 1.29 is 13.2 Å². The van der Waals surface area contributed by atoms with Gasteiger partial charge in [-0.2, -0.15) is 0 Å². The molecule has 3 aromatic rings. The van der Waals surface area contributed by atoms with E-state index in [0.29, 0.717) is 11.1 Å². The first-order chi connectivity index (χ1) is 13.3. The average molecular weight is 394 g/mol. The number of sulfone groups is 1. The molecule has 0 unspecified atom stereocenters. The van der Waals surface area contributed by atoms with E-state index < -0.39 is 9.84 Å². The van der Waals surface area contributed by atoms with Crippen LogP contribution in [0.3, 0.4) is 0 Å². The van der Waals surface area contributed by atoms with E-state index in [4.69, 9.17) is 0 Å². The van der Waals surface area contributed by atoms with Crippen molar-refractivity contribution in [3.63, 3.8) is 0 Å². The molecular formula is C23H23NO3S. The Hall–Kier alpha value is -2.92. The van der Waals surface area contributed by atoms with Gasteiger partial charge in [0, 0.05) is 11.8 Å². The molecule has 0 aliphatic heterocycles. The molecule has 3 aromatic carbocycles. The van der Waals surface area contributed by atoms with E-state index in [2.05, 4.69) is 17.4 Å². The minimum absolute atomic E-state index is 0.0287. The third-order valence-electron chi connectivity index (χ3n) is 4.51. The molecule has 0 aliphatic rings. The summed E-state index contributed by atoms with van der Waals surface area (Å²) in [7, 11) is -3.09. The Balaban J connectivity index is 1.65. The van der Waals surface area contributed by atoms with Gasteiger partial charge in [-0.1, -0.05) is 66.7 Å². The summed E-state index contributed by atoms with van der Waals surface area (Å²) in [5, 5.41) is 2.98. The van der Waals surface area contributed by atoms with Crippen molar-refractivity contribution >= 4 is 15.7 Å². The van der Waals surface area contributed by atoms with Crippen LogP contribution in [-0.2, 0) is 15.6 Å². The molecule has 0 bridgehead atoms. The fourth-order valence-corrected chi connectivity index (χ4v) is 3.81. The third kappa shape index (κ3) is 5.30. The minimum atomic E-state index is -3.09. The van der Waals surface area contributed by atoms with Crippen molar-refractivity contribution in [3.8, 4) is 11.1 Å². The second kappa shape index (κ2) is 8.40. The monoisotopic (exact) mass is 393 g/mol. The standard InChI is InChI=1S/C23H23NO3S/c1-17(19-12-14-21(15-13-19)20-6-4-3-5-7-20)24-23(25)22-10-8-18(9-11-22)16-28(2,26)27/h3-15,17H,16H2,1-2H3,(H,24,25)/t17-/m1/s1. The molecule has 4 nitrogen and oxygen atoms in total. The smallest absolute Gasteiger partial charge is 0.251 e. The molecule has 0 aromatic heterocycles. The summed E-state index contributed by atoms with van der Waals surface area (Å²) in [6.07, 6.45) is 1.19. The quantitative estimate of drug-likeness (QED) is 0.676. The van der Waals surface area contributed by atoms with Gasteiger partial charge >= 0.3 is 0 Å². The predicted octanol–water partition coefficient (Wildman–Crippen LogP) is 4.39. The average Bonchev–Trinajstić information content (AvgIpc) is 2.68. The summed E-state index contributed by atoms with van der Waals surface area (Å²) in [5.74, 6) is -0.218. The van der Waals surface area contributed by atoms with Crippen LogP contribution in [0.1, 0.15) is 34.5 Å². The van der Waals surface area contributed by atoms with Gasteiger partial charge in [-0.15, -0.1) is 0 Å². The maximum Gasteiger partial charge on any atom is 0.251 e. The highest BCUT2D eigenvalue weighted by Crippen LogP contribution is 2.22. The number of hydrogen-bond acceptors (Lipinski definition) is 3. The number of rotatable bonds is 6. The summed E-state index contributed by atoms with van der Waals surface area (Å²) >= 11 is 0. The van der Waals surface area contributed by atoms with Gasteiger partial charge < -0.3 is 5.32 Å². The number of carbonyl (C=O) groups excluding carboxylic acids is 1. The van der Waals surface area contributed by atoms with E-state index in [1.54, 1.807) is 24.3 Å². The Morgan fingerprint density at radius 2 is 1.43 bits per heavy atom. The van der Waals surface area contributed by atoms with E-state index in [1.807, 2.05) is 49.4 Å². The van der Waals surface area contributed by atoms with Gasteiger partial charge in [0.2, 0.25) is 0 Å². The molecule has 0 aliphatic carbocycles. The topological polar surface area (TPSA) is 63.2 Å². The van der Waals surface area contributed by atoms with Crippen molar-refractivity contribution in [1.82, 2.24) is 5.32 Å². The van der Waals surface area contributed by atoms with Gasteiger partial charge in [0.1, 0.15) is 0 Å². The first-order valence-corrected chi connectivity index (χ1v) is 11.1. The van der Waals surface area contributed by atoms with Crippen LogP contribution in [0.4, 0.5) is 0 Å². The van der Waals surface area contributed by atoms with E-state index >= 15 is 0 Å². The maximum absolute atomic E-state index is 12.5. The number of benzene rings is 3. The van der Waals surface area contributed by atoms with Crippen LogP contribution in [0.2, 0.25) is 0 Å². The fourth-order valence-electron chi connectivity index (χ4n) is 3.01. The van der Waals surface area contributed by atoms with Crippen LogP contribution in [0, 0.1) is 0 Å². The maximum atomic E-state index is 12.5. The van der Waals surface area contributed by atoms with E-state index in [9.17, 15) is 13.2 Å². The molecular weight excluding hydrogens is 370 g/mol. The summed E-state index contributed by atoms with van der Waals surface area (Å²) in [5.41, 5.74) is 4.47. The van der Waals surface area contributed by atoms with E-state index in [1.165, 1.54) is 6.26 Å². The van der Waals surface area contributed by atoms with Gasteiger partial charge in [0.15, 0.2) is 9.84 Å². The van der Waals surface area contributed by atoms with Crippen LogP contribution in [0.25, 0.3) is 11.1 Å². The van der Waals surface area contributed by atoms with Crippen LogP contribution in [0.5, 0.6) is 0 Å². The van der Waals surface area contributed by atoms with Crippen LogP contribution >= 0.6 is 0 Å². The lowest BCUT2D eigenvalue weighted by atomic mass is 10.0. The summed E-state index contributed by atoms with van der Waals surface area (Å²) in [6, 6.07) is 24.8. The molecule has 5 heteroatoms. The Kier molecular flexibility index (Phi) is 5.95. The Morgan fingerprint density at radius 1 is 0.857 bits per heavy atom. The van der Waals surface area contributed by atoms with Crippen LogP contribution in [-0.4, -0.2) is 20.6 Å². The minimum Gasteiger partial charge on any atom is -0.346 e. The van der Waals surface area contributed by atoms with Gasteiger partial charge in [-0.3, -0.25) is 4.79 Å². The zero-order valence-electron chi connectivity index (χ0n) is 15.9. The van der Waals surface area contributed by atoms with E-state index in [0.717, 1.165) is 16.7 Å². The number of carbonyl (C=O) groups is 1. The molecule has 0 radical (unpaired) electrons. The van der Waals surface area contributed by atoms with Crippen molar-refractivity contribution in [1.29, 1.82) is 0 Å². The van der Waals surface area contributed by atoms with Crippen LogP contribution < -0.4 is 5.32 Å². The largest absolute Gasteiger partial charge is 0.346 e. The molecule has 0 heterocycles. The zero-order valence-corrected chi connectivity index (χ0v) is 16.7. The van der Waals surface area contributed by atoms with Gasteiger partial charge in [-0.25, -0.2) is 8.42 Å².